The Hall–Kier alpha value is -0.530. The molecular formula is C6H12N2. The van der Waals surface area contributed by atoms with Crippen molar-refractivity contribution in [3.63, 3.8) is 0 Å². The van der Waals surface area contributed by atoms with E-state index in [-0.39, 0.29) is 0 Å². The van der Waals surface area contributed by atoms with Gasteiger partial charge in [0.15, 0.2) is 0 Å². The molecule has 0 radical (unpaired) electrons. The van der Waals surface area contributed by atoms with Crippen molar-refractivity contribution >= 4 is 5.71 Å². The summed E-state index contributed by atoms with van der Waals surface area (Å²) >= 11 is 0. The summed E-state index contributed by atoms with van der Waals surface area (Å²) in [5.74, 6) is 0.620. The van der Waals surface area contributed by atoms with Crippen molar-refractivity contribution in [1.82, 2.24) is 5.43 Å². The van der Waals surface area contributed by atoms with Crippen LogP contribution >= 0.6 is 0 Å². The first-order valence-corrected chi connectivity index (χ1v) is 3.01. The second-order valence-corrected chi connectivity index (χ2v) is 2.46. The summed E-state index contributed by atoms with van der Waals surface area (Å²) in [4.78, 5) is 0. The molecule has 1 aliphatic heterocycles. The summed E-state index contributed by atoms with van der Waals surface area (Å²) in [5.41, 5.74) is 4.23. The van der Waals surface area contributed by atoms with Crippen molar-refractivity contribution in [2.24, 2.45) is 11.0 Å². The molecule has 1 rings (SSSR count). The summed E-state index contributed by atoms with van der Waals surface area (Å²) in [7, 11) is 0. The maximum atomic E-state index is 4.06. The first-order valence-electron chi connectivity index (χ1n) is 3.01. The average Bonchev–Trinajstić information content (AvgIpc) is 1.98. The highest BCUT2D eigenvalue weighted by Crippen LogP contribution is 2.09. The molecule has 8 heavy (non-hydrogen) atoms. The van der Waals surface area contributed by atoms with Gasteiger partial charge in [-0.2, -0.15) is 5.10 Å². The van der Waals surface area contributed by atoms with E-state index in [2.05, 4.69) is 31.3 Å². The molecule has 2 atom stereocenters. The Bertz CT molecular complexity index is 118. The van der Waals surface area contributed by atoms with Crippen molar-refractivity contribution < 1.29 is 0 Å². The van der Waals surface area contributed by atoms with Gasteiger partial charge in [0.1, 0.15) is 0 Å². The molecule has 1 aliphatic rings. The van der Waals surface area contributed by atoms with Crippen LogP contribution in [0.25, 0.3) is 0 Å². The van der Waals surface area contributed by atoms with Gasteiger partial charge in [-0.05, 0) is 13.8 Å². The van der Waals surface area contributed by atoms with Gasteiger partial charge in [0.25, 0.3) is 0 Å². The summed E-state index contributed by atoms with van der Waals surface area (Å²) in [6.45, 7) is 6.38. The van der Waals surface area contributed by atoms with E-state index < -0.39 is 0 Å². The first-order chi connectivity index (χ1) is 3.72. The van der Waals surface area contributed by atoms with Crippen LogP contribution in [-0.2, 0) is 0 Å². The summed E-state index contributed by atoms with van der Waals surface area (Å²) in [6.07, 6.45) is 0. The van der Waals surface area contributed by atoms with Gasteiger partial charge in [0.2, 0.25) is 0 Å². The van der Waals surface area contributed by atoms with Gasteiger partial charge in [-0.3, -0.25) is 0 Å². The summed E-state index contributed by atoms with van der Waals surface area (Å²) in [6, 6.07) is 0.537. The van der Waals surface area contributed by atoms with E-state index in [4.69, 9.17) is 0 Å². The molecule has 2 heteroatoms. The van der Waals surface area contributed by atoms with Crippen LogP contribution in [0.3, 0.4) is 0 Å². The number of rotatable bonds is 0. The standard InChI is InChI=1S/C6H12N2/c1-4-5(2)7-8-6(4)3/h4-5,7H,1-3H3/t4-,5?/m1/s1. The Kier molecular flexibility index (Phi) is 1.24. The largest absolute Gasteiger partial charge is 0.307 e. The molecule has 0 aromatic heterocycles. The molecule has 0 spiro atoms. The smallest absolute Gasteiger partial charge is 0.0490 e. The molecule has 0 fully saturated rings. The fourth-order valence-corrected chi connectivity index (χ4v) is 0.779. The Labute approximate surface area is 50.0 Å². The van der Waals surface area contributed by atoms with Gasteiger partial charge in [0.05, 0.1) is 0 Å². The predicted molar refractivity (Wildman–Crippen MR) is 34.9 cm³/mol. The van der Waals surface area contributed by atoms with Gasteiger partial charge in [0, 0.05) is 17.7 Å². The van der Waals surface area contributed by atoms with Crippen molar-refractivity contribution in [3.8, 4) is 0 Å². The van der Waals surface area contributed by atoms with Gasteiger partial charge in [-0.25, -0.2) is 0 Å². The van der Waals surface area contributed by atoms with Crippen LogP contribution in [-0.4, -0.2) is 11.8 Å². The van der Waals surface area contributed by atoms with Gasteiger partial charge in [-0.1, -0.05) is 6.92 Å². The van der Waals surface area contributed by atoms with Crippen LogP contribution < -0.4 is 5.43 Å². The normalized spacial score (nSPS) is 36.6. The maximum Gasteiger partial charge on any atom is 0.0490 e. The third-order valence-electron chi connectivity index (χ3n) is 1.85. The average molecular weight is 112 g/mol. The highest BCUT2D eigenvalue weighted by Gasteiger charge is 2.19. The van der Waals surface area contributed by atoms with Crippen molar-refractivity contribution in [1.29, 1.82) is 0 Å². The molecule has 0 aromatic carbocycles. The maximum absolute atomic E-state index is 4.06. The molecule has 2 nitrogen and oxygen atoms in total. The van der Waals surface area contributed by atoms with Crippen molar-refractivity contribution in [2.75, 3.05) is 0 Å². The van der Waals surface area contributed by atoms with E-state index in [1.165, 1.54) is 5.71 Å². The second-order valence-electron chi connectivity index (χ2n) is 2.46. The number of nitrogens with one attached hydrogen (secondary N) is 1. The van der Waals surface area contributed by atoms with Crippen LogP contribution in [0.2, 0.25) is 0 Å². The molecule has 0 saturated carbocycles. The molecular weight excluding hydrogens is 100 g/mol. The Balaban J connectivity index is 2.59. The molecule has 0 bridgehead atoms. The SMILES string of the molecule is CC1=NNC(C)[C@H]1C. The van der Waals surface area contributed by atoms with E-state index >= 15 is 0 Å². The topological polar surface area (TPSA) is 24.4 Å². The fourth-order valence-electron chi connectivity index (χ4n) is 0.779. The lowest BCUT2D eigenvalue weighted by Gasteiger charge is -2.06. The van der Waals surface area contributed by atoms with Gasteiger partial charge < -0.3 is 5.43 Å². The molecule has 1 unspecified atom stereocenters. The van der Waals surface area contributed by atoms with E-state index in [1.54, 1.807) is 0 Å². The molecule has 1 N–H and O–H groups in total. The zero-order chi connectivity index (χ0) is 6.15. The van der Waals surface area contributed by atoms with Crippen LogP contribution in [0.1, 0.15) is 20.8 Å². The zero-order valence-electron chi connectivity index (χ0n) is 5.60. The van der Waals surface area contributed by atoms with Crippen LogP contribution in [0.15, 0.2) is 5.10 Å². The molecule has 1 heterocycles. The Morgan fingerprint density at radius 3 is 2.25 bits per heavy atom. The van der Waals surface area contributed by atoms with Crippen LogP contribution in [0.4, 0.5) is 0 Å². The third kappa shape index (κ3) is 0.703. The highest BCUT2D eigenvalue weighted by molar-refractivity contribution is 5.85. The first kappa shape index (κ1) is 5.60. The minimum atomic E-state index is 0.537. The van der Waals surface area contributed by atoms with E-state index in [1.807, 2.05) is 0 Å². The molecule has 0 saturated heterocycles. The quantitative estimate of drug-likeness (QED) is 0.496. The fraction of sp³-hybridized carbons (Fsp3) is 0.833. The van der Waals surface area contributed by atoms with Crippen LogP contribution in [0, 0.1) is 5.92 Å². The van der Waals surface area contributed by atoms with Crippen molar-refractivity contribution in [3.05, 3.63) is 0 Å². The highest BCUT2D eigenvalue weighted by atomic mass is 15.3. The lowest BCUT2D eigenvalue weighted by atomic mass is 10.0. The number of nitrogens with zero attached hydrogens (tertiary/aromatic N) is 1. The third-order valence-corrected chi connectivity index (χ3v) is 1.85. The molecule has 0 amide bonds. The van der Waals surface area contributed by atoms with Gasteiger partial charge >= 0.3 is 0 Å². The number of hydrogen-bond acceptors (Lipinski definition) is 2. The lowest BCUT2D eigenvalue weighted by Crippen LogP contribution is -2.22. The number of hydrazone groups is 1. The predicted octanol–water partition coefficient (Wildman–Crippen LogP) is 0.990. The molecule has 46 valence electrons. The Morgan fingerprint density at radius 1 is 1.50 bits per heavy atom. The monoisotopic (exact) mass is 112 g/mol. The Morgan fingerprint density at radius 2 is 2.12 bits per heavy atom. The van der Waals surface area contributed by atoms with E-state index in [0.29, 0.717) is 12.0 Å². The number of hydrogen-bond donors (Lipinski definition) is 1. The second kappa shape index (κ2) is 1.77. The lowest BCUT2D eigenvalue weighted by molar-refractivity contribution is 0.541. The molecule has 0 aliphatic carbocycles. The summed E-state index contributed by atoms with van der Waals surface area (Å²) in [5, 5.41) is 4.06. The van der Waals surface area contributed by atoms with Crippen LogP contribution in [0.5, 0.6) is 0 Å². The molecule has 0 aromatic rings. The van der Waals surface area contributed by atoms with E-state index in [9.17, 15) is 0 Å². The summed E-state index contributed by atoms with van der Waals surface area (Å²) < 4.78 is 0. The van der Waals surface area contributed by atoms with Crippen molar-refractivity contribution in [2.45, 2.75) is 26.8 Å². The van der Waals surface area contributed by atoms with Gasteiger partial charge in [-0.15, -0.1) is 0 Å². The van der Waals surface area contributed by atoms with E-state index in [0.717, 1.165) is 0 Å². The zero-order valence-corrected chi connectivity index (χ0v) is 5.60. The minimum absolute atomic E-state index is 0.537. The minimum Gasteiger partial charge on any atom is -0.307 e.